The lowest BCUT2D eigenvalue weighted by Gasteiger charge is -2.34. The highest BCUT2D eigenvalue weighted by molar-refractivity contribution is 6.31. The van der Waals surface area contributed by atoms with Gasteiger partial charge < -0.3 is 19.7 Å². The number of hydrogen-bond acceptors (Lipinski definition) is 3. The molecule has 23 heavy (non-hydrogen) atoms. The number of carbonyl (C=O) groups is 1. The van der Waals surface area contributed by atoms with Crippen LogP contribution in [0, 0.1) is 5.92 Å². The lowest BCUT2D eigenvalue weighted by atomic mass is 9.96. The standard InChI is InChI=1S/C17H21ClN2O3/c1-10-5-6-20(9-14(10)21)17(22)19-11(2)16-8-12-7-13(18)3-4-15(12)23-16/h3-4,7-8,10-11,14,21H,5-6,9H2,1-2H3,(H,19,22). The Morgan fingerprint density at radius 2 is 2.26 bits per heavy atom. The maximum absolute atomic E-state index is 12.3. The maximum atomic E-state index is 12.3. The fourth-order valence-electron chi connectivity index (χ4n) is 2.83. The normalized spacial score (nSPS) is 23.0. The molecular formula is C17H21ClN2O3. The Bertz CT molecular complexity index is 715. The average Bonchev–Trinajstić information content (AvgIpc) is 2.93. The Morgan fingerprint density at radius 3 is 3.00 bits per heavy atom. The van der Waals surface area contributed by atoms with E-state index >= 15 is 0 Å². The number of furan rings is 1. The summed E-state index contributed by atoms with van der Waals surface area (Å²) in [7, 11) is 0. The van der Waals surface area contributed by atoms with Crippen molar-refractivity contribution in [3.8, 4) is 0 Å². The van der Waals surface area contributed by atoms with Gasteiger partial charge in [0.15, 0.2) is 0 Å². The van der Waals surface area contributed by atoms with Gasteiger partial charge in [0.25, 0.3) is 0 Å². The van der Waals surface area contributed by atoms with E-state index in [9.17, 15) is 9.90 Å². The van der Waals surface area contributed by atoms with Crippen LogP contribution in [-0.4, -0.2) is 35.2 Å². The maximum Gasteiger partial charge on any atom is 0.318 e. The molecular weight excluding hydrogens is 316 g/mol. The van der Waals surface area contributed by atoms with Crippen LogP contribution in [0.15, 0.2) is 28.7 Å². The Morgan fingerprint density at radius 1 is 1.48 bits per heavy atom. The summed E-state index contributed by atoms with van der Waals surface area (Å²) < 4.78 is 5.77. The number of piperidine rings is 1. The summed E-state index contributed by atoms with van der Waals surface area (Å²) in [5.74, 6) is 0.915. The summed E-state index contributed by atoms with van der Waals surface area (Å²) in [5.41, 5.74) is 0.743. The third-order valence-electron chi connectivity index (χ3n) is 4.47. The van der Waals surface area contributed by atoms with Crippen molar-refractivity contribution in [1.82, 2.24) is 10.2 Å². The molecule has 124 valence electrons. The molecule has 3 rings (SSSR count). The van der Waals surface area contributed by atoms with Crippen LogP contribution < -0.4 is 5.32 Å². The highest BCUT2D eigenvalue weighted by Gasteiger charge is 2.28. The number of nitrogens with one attached hydrogen (secondary N) is 1. The van der Waals surface area contributed by atoms with Crippen molar-refractivity contribution < 1.29 is 14.3 Å². The van der Waals surface area contributed by atoms with Crippen molar-refractivity contribution in [3.63, 3.8) is 0 Å². The number of β-amino-alcohol motifs (C(OH)–C–C–N with tert-alkyl or cyclic N) is 1. The number of rotatable bonds is 2. The van der Waals surface area contributed by atoms with Gasteiger partial charge in [0.1, 0.15) is 11.3 Å². The molecule has 0 bridgehead atoms. The minimum atomic E-state index is -0.460. The fraction of sp³-hybridized carbons (Fsp3) is 0.471. The number of fused-ring (bicyclic) bond motifs is 1. The zero-order valence-corrected chi connectivity index (χ0v) is 14.0. The van der Waals surface area contributed by atoms with Crippen LogP contribution in [0.1, 0.15) is 32.1 Å². The zero-order chi connectivity index (χ0) is 16.6. The summed E-state index contributed by atoms with van der Waals surface area (Å²) >= 11 is 5.98. The van der Waals surface area contributed by atoms with Crippen LogP contribution in [-0.2, 0) is 0 Å². The molecule has 6 heteroatoms. The van der Waals surface area contributed by atoms with Crippen molar-refractivity contribution in [2.24, 2.45) is 5.92 Å². The second-order valence-electron chi connectivity index (χ2n) is 6.28. The van der Waals surface area contributed by atoms with E-state index in [2.05, 4.69) is 5.32 Å². The summed E-state index contributed by atoms with van der Waals surface area (Å²) in [4.78, 5) is 14.0. The molecule has 5 nitrogen and oxygen atoms in total. The van der Waals surface area contributed by atoms with Gasteiger partial charge in [0.2, 0.25) is 0 Å². The molecule has 3 unspecified atom stereocenters. The number of amides is 2. The number of nitrogens with zero attached hydrogens (tertiary/aromatic N) is 1. The van der Waals surface area contributed by atoms with Crippen molar-refractivity contribution in [1.29, 1.82) is 0 Å². The molecule has 1 aromatic heterocycles. The van der Waals surface area contributed by atoms with Gasteiger partial charge in [-0.05, 0) is 43.5 Å². The third kappa shape index (κ3) is 3.46. The van der Waals surface area contributed by atoms with Gasteiger partial charge in [0.05, 0.1) is 12.1 Å². The van der Waals surface area contributed by atoms with Gasteiger partial charge in [-0.25, -0.2) is 4.79 Å². The Hall–Kier alpha value is -1.72. The van der Waals surface area contributed by atoms with Gasteiger partial charge in [-0.1, -0.05) is 18.5 Å². The van der Waals surface area contributed by atoms with E-state index in [4.69, 9.17) is 16.0 Å². The van der Waals surface area contributed by atoms with Crippen molar-refractivity contribution in [3.05, 3.63) is 35.0 Å². The van der Waals surface area contributed by atoms with E-state index in [1.165, 1.54) is 0 Å². The summed E-state index contributed by atoms with van der Waals surface area (Å²) in [6.45, 7) is 4.91. The smallest absolute Gasteiger partial charge is 0.318 e. The minimum Gasteiger partial charge on any atom is -0.459 e. The van der Waals surface area contributed by atoms with Crippen LogP contribution >= 0.6 is 11.6 Å². The van der Waals surface area contributed by atoms with Crippen molar-refractivity contribution in [2.45, 2.75) is 32.4 Å². The van der Waals surface area contributed by atoms with E-state index in [1.807, 2.05) is 32.0 Å². The molecule has 1 aliphatic heterocycles. The number of urea groups is 1. The Labute approximate surface area is 140 Å². The Balaban J connectivity index is 1.67. The molecule has 1 aromatic carbocycles. The number of likely N-dealkylation sites (tertiary alicyclic amines) is 1. The van der Waals surface area contributed by atoms with Gasteiger partial charge in [-0.3, -0.25) is 0 Å². The van der Waals surface area contributed by atoms with Crippen molar-refractivity contribution in [2.75, 3.05) is 13.1 Å². The molecule has 1 fully saturated rings. The van der Waals surface area contributed by atoms with E-state index in [0.29, 0.717) is 23.9 Å². The lowest BCUT2D eigenvalue weighted by Crippen LogP contribution is -2.50. The first kappa shape index (κ1) is 16.1. The van der Waals surface area contributed by atoms with Gasteiger partial charge in [-0.15, -0.1) is 0 Å². The first-order valence-corrected chi connectivity index (χ1v) is 8.24. The zero-order valence-electron chi connectivity index (χ0n) is 13.3. The van der Waals surface area contributed by atoms with E-state index in [1.54, 1.807) is 11.0 Å². The lowest BCUT2D eigenvalue weighted by molar-refractivity contribution is 0.0429. The second-order valence-corrected chi connectivity index (χ2v) is 6.72. The van der Waals surface area contributed by atoms with E-state index in [0.717, 1.165) is 17.4 Å². The molecule has 0 saturated carbocycles. The van der Waals surface area contributed by atoms with Crippen LogP contribution in [0.5, 0.6) is 0 Å². The first-order chi connectivity index (χ1) is 10.9. The van der Waals surface area contributed by atoms with Crippen LogP contribution in [0.4, 0.5) is 4.79 Å². The monoisotopic (exact) mass is 336 g/mol. The Kier molecular flexibility index (Phi) is 4.50. The van der Waals surface area contributed by atoms with E-state index < -0.39 is 6.10 Å². The topological polar surface area (TPSA) is 65.7 Å². The highest BCUT2D eigenvalue weighted by atomic mass is 35.5. The fourth-order valence-corrected chi connectivity index (χ4v) is 3.01. The number of aliphatic hydroxyl groups is 1. The highest BCUT2D eigenvalue weighted by Crippen LogP contribution is 2.26. The third-order valence-corrected chi connectivity index (χ3v) is 4.71. The van der Waals surface area contributed by atoms with Gasteiger partial charge in [-0.2, -0.15) is 0 Å². The number of benzene rings is 1. The average molecular weight is 337 g/mol. The van der Waals surface area contributed by atoms with Gasteiger partial charge in [0, 0.05) is 23.5 Å². The molecule has 1 aliphatic rings. The van der Waals surface area contributed by atoms with Crippen LogP contribution in [0.25, 0.3) is 11.0 Å². The SMILES string of the molecule is CC(NC(=O)N1CCC(C)C(O)C1)c1cc2cc(Cl)ccc2o1. The molecule has 2 heterocycles. The first-order valence-electron chi connectivity index (χ1n) is 7.86. The summed E-state index contributed by atoms with van der Waals surface area (Å²) in [5, 5.41) is 14.4. The predicted molar refractivity (Wildman–Crippen MR) is 89.5 cm³/mol. The minimum absolute atomic E-state index is 0.179. The molecule has 2 amide bonds. The molecule has 0 spiro atoms. The predicted octanol–water partition coefficient (Wildman–Crippen LogP) is 3.56. The van der Waals surface area contributed by atoms with Crippen LogP contribution in [0.2, 0.25) is 5.02 Å². The summed E-state index contributed by atoms with van der Waals surface area (Å²) in [6, 6.07) is 6.88. The number of aliphatic hydroxyl groups excluding tert-OH is 1. The molecule has 2 aromatic rings. The molecule has 0 aliphatic carbocycles. The molecule has 3 atom stereocenters. The second kappa shape index (κ2) is 6.42. The summed E-state index contributed by atoms with van der Waals surface area (Å²) in [6.07, 6.45) is 0.352. The van der Waals surface area contributed by atoms with Crippen LogP contribution in [0.3, 0.4) is 0 Å². The largest absolute Gasteiger partial charge is 0.459 e. The number of halogens is 1. The van der Waals surface area contributed by atoms with Crippen molar-refractivity contribution >= 4 is 28.6 Å². The molecule has 2 N–H and O–H groups in total. The quantitative estimate of drug-likeness (QED) is 0.881. The van der Waals surface area contributed by atoms with Gasteiger partial charge >= 0.3 is 6.03 Å². The molecule has 1 saturated heterocycles. The number of carbonyl (C=O) groups excluding carboxylic acids is 1. The van der Waals surface area contributed by atoms with E-state index in [-0.39, 0.29) is 18.0 Å². The number of hydrogen-bond donors (Lipinski definition) is 2. The molecule has 0 radical (unpaired) electrons.